The zero-order valence-corrected chi connectivity index (χ0v) is 12.2. The third-order valence-electron chi connectivity index (χ3n) is 3.84. The van der Waals surface area contributed by atoms with Gasteiger partial charge < -0.3 is 9.72 Å². The third-order valence-corrected chi connectivity index (χ3v) is 3.84. The van der Waals surface area contributed by atoms with E-state index in [0.29, 0.717) is 30.5 Å². The Morgan fingerprint density at radius 1 is 1.41 bits per heavy atom. The zero-order valence-electron chi connectivity index (χ0n) is 12.2. The van der Waals surface area contributed by atoms with Crippen LogP contribution in [0.1, 0.15) is 12.1 Å². The Kier molecular flexibility index (Phi) is 4.48. The molecule has 5 nitrogen and oxygen atoms in total. The molecule has 2 heterocycles. The quantitative estimate of drug-likeness (QED) is 0.915. The summed E-state index contributed by atoms with van der Waals surface area (Å²) in [6, 6.07) is 6.43. The smallest absolute Gasteiger partial charge is 0.270 e. The lowest BCUT2D eigenvalue weighted by molar-refractivity contribution is 0.230. The molecule has 116 valence electrons. The maximum atomic E-state index is 13.5. The zero-order chi connectivity index (χ0) is 15.4. The lowest BCUT2D eigenvalue weighted by Gasteiger charge is -2.15. The summed E-state index contributed by atoms with van der Waals surface area (Å²) < 4.78 is 19.0. The van der Waals surface area contributed by atoms with E-state index in [-0.39, 0.29) is 11.4 Å². The molecular formula is C16H18FN3O2. The van der Waals surface area contributed by atoms with Gasteiger partial charge in [-0.1, -0.05) is 12.1 Å². The molecule has 3 rings (SSSR count). The fourth-order valence-electron chi connectivity index (χ4n) is 2.67. The Morgan fingerprint density at radius 2 is 2.27 bits per heavy atom. The minimum absolute atomic E-state index is 0.145. The molecule has 6 heteroatoms. The molecule has 1 N–H and O–H groups in total. The molecule has 1 aliphatic heterocycles. The van der Waals surface area contributed by atoms with Gasteiger partial charge >= 0.3 is 0 Å². The van der Waals surface area contributed by atoms with E-state index in [9.17, 15) is 9.18 Å². The minimum atomic E-state index is -0.336. The van der Waals surface area contributed by atoms with Gasteiger partial charge in [0.05, 0.1) is 6.61 Å². The number of nitrogens with one attached hydrogen (secondary N) is 1. The second-order valence-electron chi connectivity index (χ2n) is 5.50. The molecular weight excluding hydrogens is 285 g/mol. The largest absolute Gasteiger partial charge is 0.490 e. The highest BCUT2D eigenvalue weighted by Gasteiger charge is 2.24. The summed E-state index contributed by atoms with van der Waals surface area (Å²) in [7, 11) is 0. The Hall–Kier alpha value is -2.21. The number of H-pyrrole nitrogens is 1. The number of para-hydroxylation sites is 1. The fraction of sp³-hybridized carbons (Fsp3) is 0.375. The normalized spacial score (nSPS) is 18.5. The summed E-state index contributed by atoms with van der Waals surface area (Å²) in [5.41, 5.74) is 0.381. The topological polar surface area (TPSA) is 58.2 Å². The Bertz CT molecular complexity index is 689. The molecule has 0 amide bonds. The van der Waals surface area contributed by atoms with Gasteiger partial charge in [-0.05, 0) is 25.1 Å². The van der Waals surface area contributed by atoms with E-state index < -0.39 is 0 Å². The molecule has 1 saturated heterocycles. The molecule has 1 atom stereocenters. The van der Waals surface area contributed by atoms with Crippen molar-refractivity contribution in [2.24, 2.45) is 5.92 Å². The standard InChI is InChI=1S/C16H18FN3O2/c17-13-3-1-2-4-15(13)22-11-12-5-8-20(9-12)10-14-16(21)19-7-6-18-14/h1-4,6-7,12H,5,8-11H2,(H,19,21). The average Bonchev–Trinajstić information content (AvgIpc) is 2.96. The Morgan fingerprint density at radius 3 is 3.09 bits per heavy atom. The Labute approximate surface area is 127 Å². The molecule has 1 aromatic carbocycles. The van der Waals surface area contributed by atoms with Gasteiger partial charge in [-0.15, -0.1) is 0 Å². The van der Waals surface area contributed by atoms with E-state index in [1.54, 1.807) is 24.4 Å². The summed E-state index contributed by atoms with van der Waals surface area (Å²) >= 11 is 0. The number of rotatable bonds is 5. The third kappa shape index (κ3) is 3.51. The summed E-state index contributed by atoms with van der Waals surface area (Å²) in [4.78, 5) is 20.5. The molecule has 1 fully saturated rings. The number of aromatic amines is 1. The first-order valence-corrected chi connectivity index (χ1v) is 7.34. The first-order valence-electron chi connectivity index (χ1n) is 7.34. The summed E-state index contributed by atoms with van der Waals surface area (Å²) in [5.74, 6) is 0.293. The van der Waals surface area contributed by atoms with Crippen LogP contribution in [0.4, 0.5) is 4.39 Å². The van der Waals surface area contributed by atoms with Gasteiger partial charge in [0.15, 0.2) is 11.6 Å². The first-order chi connectivity index (χ1) is 10.7. The number of benzene rings is 1. The average molecular weight is 303 g/mol. The van der Waals surface area contributed by atoms with Crippen molar-refractivity contribution < 1.29 is 9.13 Å². The molecule has 0 spiro atoms. The van der Waals surface area contributed by atoms with Crippen molar-refractivity contribution >= 4 is 0 Å². The molecule has 2 aromatic rings. The maximum Gasteiger partial charge on any atom is 0.270 e. The first kappa shape index (κ1) is 14.7. The summed E-state index contributed by atoms with van der Waals surface area (Å²) in [6.45, 7) is 2.73. The van der Waals surface area contributed by atoms with Gasteiger partial charge in [0.1, 0.15) is 5.69 Å². The number of halogens is 1. The summed E-state index contributed by atoms with van der Waals surface area (Å²) in [5, 5.41) is 0. The number of ether oxygens (including phenoxy) is 1. The van der Waals surface area contributed by atoms with E-state index in [4.69, 9.17) is 4.74 Å². The van der Waals surface area contributed by atoms with Crippen molar-refractivity contribution in [3.63, 3.8) is 0 Å². The molecule has 1 aliphatic rings. The van der Waals surface area contributed by atoms with Crippen LogP contribution < -0.4 is 10.3 Å². The van der Waals surface area contributed by atoms with E-state index in [0.717, 1.165) is 19.5 Å². The van der Waals surface area contributed by atoms with Crippen LogP contribution in [0.15, 0.2) is 41.5 Å². The van der Waals surface area contributed by atoms with E-state index in [2.05, 4.69) is 14.9 Å². The van der Waals surface area contributed by atoms with Gasteiger partial charge in [-0.3, -0.25) is 14.7 Å². The minimum Gasteiger partial charge on any atom is -0.490 e. The fourth-order valence-corrected chi connectivity index (χ4v) is 2.67. The van der Waals surface area contributed by atoms with E-state index in [1.807, 2.05) is 0 Å². The van der Waals surface area contributed by atoms with Crippen LogP contribution in [0, 0.1) is 11.7 Å². The van der Waals surface area contributed by atoms with Crippen molar-refractivity contribution in [3.05, 3.63) is 58.5 Å². The van der Waals surface area contributed by atoms with Gasteiger partial charge in [0.2, 0.25) is 0 Å². The number of aromatic nitrogens is 2. The molecule has 0 radical (unpaired) electrons. The van der Waals surface area contributed by atoms with Gasteiger partial charge in [0.25, 0.3) is 5.56 Å². The van der Waals surface area contributed by atoms with Crippen molar-refractivity contribution in [3.8, 4) is 5.75 Å². The van der Waals surface area contributed by atoms with Crippen molar-refractivity contribution in [2.75, 3.05) is 19.7 Å². The van der Waals surface area contributed by atoms with Crippen LogP contribution in [-0.4, -0.2) is 34.6 Å². The van der Waals surface area contributed by atoms with Crippen LogP contribution in [0.2, 0.25) is 0 Å². The van der Waals surface area contributed by atoms with E-state index >= 15 is 0 Å². The van der Waals surface area contributed by atoms with Crippen LogP contribution in [0.5, 0.6) is 5.75 Å². The predicted octanol–water partition coefficient (Wildman–Crippen LogP) is 1.81. The highest BCUT2D eigenvalue weighted by Crippen LogP contribution is 2.21. The van der Waals surface area contributed by atoms with Crippen LogP contribution in [-0.2, 0) is 6.54 Å². The number of hydrogen-bond donors (Lipinski definition) is 1. The van der Waals surface area contributed by atoms with Crippen LogP contribution in [0.25, 0.3) is 0 Å². The van der Waals surface area contributed by atoms with E-state index in [1.165, 1.54) is 12.3 Å². The molecule has 22 heavy (non-hydrogen) atoms. The molecule has 0 saturated carbocycles. The lowest BCUT2D eigenvalue weighted by atomic mass is 10.1. The predicted molar refractivity (Wildman–Crippen MR) is 80.1 cm³/mol. The number of nitrogens with zero attached hydrogens (tertiary/aromatic N) is 2. The monoisotopic (exact) mass is 303 g/mol. The second-order valence-corrected chi connectivity index (χ2v) is 5.50. The lowest BCUT2D eigenvalue weighted by Crippen LogP contribution is -2.26. The maximum absolute atomic E-state index is 13.5. The molecule has 0 bridgehead atoms. The van der Waals surface area contributed by atoms with Gasteiger partial charge in [-0.2, -0.15) is 0 Å². The molecule has 0 aliphatic carbocycles. The molecule has 1 aromatic heterocycles. The van der Waals surface area contributed by atoms with Crippen molar-refractivity contribution in [2.45, 2.75) is 13.0 Å². The highest BCUT2D eigenvalue weighted by atomic mass is 19.1. The van der Waals surface area contributed by atoms with Crippen LogP contribution >= 0.6 is 0 Å². The van der Waals surface area contributed by atoms with Crippen molar-refractivity contribution in [1.82, 2.24) is 14.9 Å². The van der Waals surface area contributed by atoms with Gasteiger partial charge in [-0.25, -0.2) is 4.39 Å². The Balaban J connectivity index is 1.51. The number of likely N-dealkylation sites (tertiary alicyclic amines) is 1. The highest BCUT2D eigenvalue weighted by molar-refractivity contribution is 5.23. The second kappa shape index (κ2) is 6.70. The van der Waals surface area contributed by atoms with Crippen molar-refractivity contribution in [1.29, 1.82) is 0 Å². The van der Waals surface area contributed by atoms with Gasteiger partial charge in [0, 0.05) is 31.4 Å². The number of hydrogen-bond acceptors (Lipinski definition) is 4. The SMILES string of the molecule is O=c1[nH]ccnc1CN1CCC(COc2ccccc2F)C1. The summed E-state index contributed by atoms with van der Waals surface area (Å²) in [6.07, 6.45) is 4.09. The van der Waals surface area contributed by atoms with Crippen LogP contribution in [0.3, 0.4) is 0 Å². The molecule has 1 unspecified atom stereocenters.